The molecular formula is C13H10Cl2. The quantitative estimate of drug-likeness (QED) is 0.578. The van der Waals surface area contributed by atoms with Crippen LogP contribution in [0.25, 0.3) is 0 Å². The van der Waals surface area contributed by atoms with Crippen LogP contribution in [0, 0.1) is 0 Å². The largest absolute Gasteiger partial charge is 0.0894 e. The summed E-state index contributed by atoms with van der Waals surface area (Å²) in [5.74, 6) is 0.678. The van der Waals surface area contributed by atoms with Gasteiger partial charge in [-0.05, 0) is 29.7 Å². The molecule has 0 aromatic heterocycles. The van der Waals surface area contributed by atoms with Crippen LogP contribution in [0.4, 0.5) is 0 Å². The fourth-order valence-electron chi connectivity index (χ4n) is 2.73. The maximum atomic E-state index is 6.23. The molecule has 0 saturated heterocycles. The number of halogens is 2. The van der Waals surface area contributed by atoms with Gasteiger partial charge in [0.25, 0.3) is 0 Å². The molecule has 3 rings (SSSR count). The van der Waals surface area contributed by atoms with E-state index >= 15 is 0 Å². The minimum atomic E-state index is 0.316. The predicted molar refractivity (Wildman–Crippen MR) is 64.6 cm³/mol. The van der Waals surface area contributed by atoms with Crippen LogP contribution in [0.1, 0.15) is 29.9 Å². The third-order valence-electron chi connectivity index (χ3n) is 3.30. The van der Waals surface area contributed by atoms with Gasteiger partial charge in [-0.15, -0.1) is 0 Å². The zero-order valence-electron chi connectivity index (χ0n) is 8.30. The summed E-state index contributed by atoms with van der Waals surface area (Å²) >= 11 is 12.4. The van der Waals surface area contributed by atoms with Gasteiger partial charge in [-0.2, -0.15) is 0 Å². The van der Waals surface area contributed by atoms with Crippen LogP contribution in [0.5, 0.6) is 0 Å². The summed E-state index contributed by atoms with van der Waals surface area (Å²) in [6.07, 6.45) is 4.44. The number of benzene rings is 1. The topological polar surface area (TPSA) is 0 Å². The highest BCUT2D eigenvalue weighted by Crippen LogP contribution is 2.55. The molecule has 0 N–H and O–H groups in total. The average Bonchev–Trinajstić information content (AvgIpc) is 2.73. The van der Waals surface area contributed by atoms with Crippen LogP contribution in [0.15, 0.2) is 41.0 Å². The Hall–Kier alpha value is -0.720. The molecule has 2 bridgehead atoms. The van der Waals surface area contributed by atoms with E-state index in [0.717, 1.165) is 10.1 Å². The van der Waals surface area contributed by atoms with Crippen molar-refractivity contribution in [1.29, 1.82) is 0 Å². The van der Waals surface area contributed by atoms with Gasteiger partial charge in [0, 0.05) is 21.9 Å². The minimum absolute atomic E-state index is 0.316. The Morgan fingerprint density at radius 2 is 1.93 bits per heavy atom. The average molecular weight is 237 g/mol. The van der Waals surface area contributed by atoms with Gasteiger partial charge in [0.05, 0.1) is 0 Å². The highest BCUT2D eigenvalue weighted by Gasteiger charge is 2.39. The van der Waals surface area contributed by atoms with Crippen LogP contribution in [0.2, 0.25) is 5.02 Å². The lowest BCUT2D eigenvalue weighted by Crippen LogP contribution is -1.92. The van der Waals surface area contributed by atoms with Crippen molar-refractivity contribution < 1.29 is 0 Å². The van der Waals surface area contributed by atoms with Crippen molar-refractivity contribution in [3.63, 3.8) is 0 Å². The molecule has 0 fully saturated rings. The monoisotopic (exact) mass is 236 g/mol. The first-order chi connectivity index (χ1) is 7.20. The molecule has 0 radical (unpaired) electrons. The molecule has 76 valence electrons. The Bertz CT molecular complexity index is 493. The molecule has 2 atom stereocenters. The van der Waals surface area contributed by atoms with E-state index < -0.39 is 0 Å². The van der Waals surface area contributed by atoms with Crippen molar-refractivity contribution in [2.75, 3.05) is 0 Å². The van der Waals surface area contributed by atoms with Crippen LogP contribution in [-0.2, 0) is 0 Å². The van der Waals surface area contributed by atoms with Crippen LogP contribution in [-0.4, -0.2) is 0 Å². The van der Waals surface area contributed by atoms with Gasteiger partial charge in [-0.25, -0.2) is 0 Å². The van der Waals surface area contributed by atoms with Crippen molar-refractivity contribution in [3.05, 3.63) is 57.1 Å². The molecule has 2 heteroatoms. The first-order valence-corrected chi connectivity index (χ1v) is 5.78. The van der Waals surface area contributed by atoms with Crippen LogP contribution in [0.3, 0.4) is 0 Å². The molecule has 0 aliphatic heterocycles. The Morgan fingerprint density at radius 1 is 1.20 bits per heavy atom. The molecule has 2 aliphatic carbocycles. The molecule has 0 heterocycles. The number of hydrogen-bond acceptors (Lipinski definition) is 0. The van der Waals surface area contributed by atoms with E-state index in [1.54, 1.807) is 0 Å². The molecule has 15 heavy (non-hydrogen) atoms. The summed E-state index contributed by atoms with van der Waals surface area (Å²) in [7, 11) is 0. The van der Waals surface area contributed by atoms with Crippen molar-refractivity contribution in [1.82, 2.24) is 0 Å². The highest BCUT2D eigenvalue weighted by molar-refractivity contribution is 6.32. The minimum Gasteiger partial charge on any atom is -0.0894 e. The molecule has 2 aliphatic rings. The Balaban J connectivity index is 2.29. The first-order valence-electron chi connectivity index (χ1n) is 5.03. The van der Waals surface area contributed by atoms with E-state index in [4.69, 9.17) is 23.2 Å². The summed E-state index contributed by atoms with van der Waals surface area (Å²) in [6, 6.07) is 6.11. The lowest BCUT2D eigenvalue weighted by atomic mass is 9.97. The Morgan fingerprint density at radius 3 is 2.60 bits per heavy atom. The van der Waals surface area contributed by atoms with Crippen molar-refractivity contribution >= 4 is 23.2 Å². The van der Waals surface area contributed by atoms with Gasteiger partial charge in [0.15, 0.2) is 0 Å². The third-order valence-corrected chi connectivity index (χ3v) is 3.84. The predicted octanol–water partition coefficient (Wildman–Crippen LogP) is 4.60. The summed E-state index contributed by atoms with van der Waals surface area (Å²) in [5.41, 5.74) is 3.88. The smallest absolute Gasteiger partial charge is 0.0450 e. The van der Waals surface area contributed by atoms with E-state index in [0.29, 0.717) is 11.8 Å². The van der Waals surface area contributed by atoms with Crippen LogP contribution < -0.4 is 0 Å². The summed E-state index contributed by atoms with van der Waals surface area (Å²) in [6.45, 7) is 1.96. The molecule has 1 aromatic carbocycles. The first kappa shape index (κ1) is 9.50. The molecule has 1 aromatic rings. The molecule has 2 unspecified atom stereocenters. The van der Waals surface area contributed by atoms with Gasteiger partial charge in [0.1, 0.15) is 0 Å². The molecule has 0 amide bonds. The SMILES string of the molecule is C/C(Cl)=C1/C2C=CC1c1c(Cl)cccc12. The highest BCUT2D eigenvalue weighted by atomic mass is 35.5. The van der Waals surface area contributed by atoms with E-state index in [-0.39, 0.29) is 0 Å². The molecule has 0 nitrogen and oxygen atoms in total. The van der Waals surface area contributed by atoms with Gasteiger partial charge in [-0.1, -0.05) is 47.5 Å². The second kappa shape index (κ2) is 3.13. The van der Waals surface area contributed by atoms with Gasteiger partial charge in [-0.3, -0.25) is 0 Å². The summed E-state index contributed by atoms with van der Waals surface area (Å²) < 4.78 is 0. The maximum absolute atomic E-state index is 6.23. The molecular weight excluding hydrogens is 227 g/mol. The fourth-order valence-corrected chi connectivity index (χ4v) is 3.26. The zero-order valence-corrected chi connectivity index (χ0v) is 9.81. The normalized spacial score (nSPS) is 29.5. The van der Waals surface area contributed by atoms with E-state index in [1.807, 2.05) is 19.1 Å². The maximum Gasteiger partial charge on any atom is 0.0450 e. The fraction of sp³-hybridized carbons (Fsp3) is 0.231. The van der Waals surface area contributed by atoms with Crippen molar-refractivity contribution in [2.45, 2.75) is 18.8 Å². The second-order valence-electron chi connectivity index (χ2n) is 4.07. The second-order valence-corrected chi connectivity index (χ2v) is 5.05. The van der Waals surface area contributed by atoms with E-state index in [1.165, 1.54) is 16.7 Å². The van der Waals surface area contributed by atoms with Gasteiger partial charge < -0.3 is 0 Å². The summed E-state index contributed by atoms with van der Waals surface area (Å²) in [4.78, 5) is 0. The number of rotatable bonds is 0. The number of allylic oxidation sites excluding steroid dienone is 4. The standard InChI is InChI=1S/C13H10Cl2/c1-7(14)12-9-5-6-10(12)13-8(9)3-2-4-11(13)15/h2-6,9-10H,1H3/b12-7+. The van der Waals surface area contributed by atoms with Crippen molar-refractivity contribution in [3.8, 4) is 0 Å². The van der Waals surface area contributed by atoms with Gasteiger partial charge >= 0.3 is 0 Å². The van der Waals surface area contributed by atoms with E-state index in [2.05, 4.69) is 18.2 Å². The summed E-state index contributed by atoms with van der Waals surface area (Å²) in [5, 5.41) is 1.77. The van der Waals surface area contributed by atoms with Crippen molar-refractivity contribution in [2.24, 2.45) is 0 Å². The lowest BCUT2D eigenvalue weighted by molar-refractivity contribution is 1.02. The number of fused-ring (bicyclic) bond motifs is 5. The molecule has 0 spiro atoms. The Labute approximate surface area is 99.2 Å². The van der Waals surface area contributed by atoms with E-state index in [9.17, 15) is 0 Å². The Kier molecular flexibility index (Phi) is 1.99. The van der Waals surface area contributed by atoms with Gasteiger partial charge in [0.2, 0.25) is 0 Å². The molecule has 0 saturated carbocycles. The van der Waals surface area contributed by atoms with Crippen LogP contribution >= 0.6 is 23.2 Å². The lowest BCUT2D eigenvalue weighted by Gasteiger charge is -2.10. The third kappa shape index (κ3) is 1.15. The zero-order chi connectivity index (χ0) is 10.6. The number of hydrogen-bond donors (Lipinski definition) is 0.